The van der Waals surface area contributed by atoms with Crippen LogP contribution in [0.5, 0.6) is 0 Å². The highest BCUT2D eigenvalue weighted by atomic mass is 33.3. The highest BCUT2D eigenvalue weighted by Crippen LogP contribution is 2.54. The zero-order valence-corrected chi connectivity index (χ0v) is 16.6. The molecule has 0 saturated heterocycles. The summed E-state index contributed by atoms with van der Waals surface area (Å²) in [6, 6.07) is 0. The van der Waals surface area contributed by atoms with Crippen LogP contribution >= 0.6 is 29.7 Å². The van der Waals surface area contributed by atoms with Crippen molar-refractivity contribution in [3.05, 3.63) is 0 Å². The molecule has 5 heteroatoms. The molecule has 21 heavy (non-hydrogen) atoms. The lowest BCUT2D eigenvalue weighted by Gasteiger charge is -2.14. The third kappa shape index (κ3) is 17.2. The van der Waals surface area contributed by atoms with E-state index in [9.17, 15) is 0 Å². The average molecular weight is 355 g/mol. The Hall–Kier alpha value is 1.05. The first-order chi connectivity index (χ1) is 10.3. The van der Waals surface area contributed by atoms with E-state index in [0.717, 1.165) is 26.1 Å². The van der Waals surface area contributed by atoms with Crippen molar-refractivity contribution in [2.24, 2.45) is 0 Å². The van der Waals surface area contributed by atoms with Crippen LogP contribution in [0.4, 0.5) is 0 Å². The predicted octanol–water partition coefficient (Wildman–Crippen LogP) is 7.55. The number of unbranched alkanes of at least 4 members (excludes halogenated alkanes) is 10. The molecule has 0 saturated carbocycles. The summed E-state index contributed by atoms with van der Waals surface area (Å²) in [5.41, 5.74) is 0. The number of hydrogen-bond acceptors (Lipinski definition) is 4. The molecule has 0 rings (SSSR count). The van der Waals surface area contributed by atoms with Crippen LogP contribution < -0.4 is 0 Å². The van der Waals surface area contributed by atoms with Crippen molar-refractivity contribution in [1.29, 1.82) is 0 Å². The van der Waals surface area contributed by atoms with E-state index in [0.29, 0.717) is 0 Å². The molecule has 0 aromatic heterocycles. The minimum Gasteiger partial charge on any atom is -0.325 e. The Morgan fingerprint density at radius 1 is 0.667 bits per heavy atom. The summed E-state index contributed by atoms with van der Waals surface area (Å²) < 4.78 is 11.5. The van der Waals surface area contributed by atoms with Gasteiger partial charge in [-0.3, -0.25) is 0 Å². The first-order valence-electron chi connectivity index (χ1n) is 8.72. The maximum absolute atomic E-state index is 5.77. The second-order valence-corrected chi connectivity index (χ2v) is 9.49. The Labute approximate surface area is 143 Å². The summed E-state index contributed by atoms with van der Waals surface area (Å²) in [6.45, 7) is 6.15. The van der Waals surface area contributed by atoms with Gasteiger partial charge >= 0.3 is 0 Å². The molecule has 0 aromatic carbocycles. The molecular weight excluding hydrogens is 319 g/mol. The van der Waals surface area contributed by atoms with Gasteiger partial charge in [-0.1, -0.05) is 78.1 Å². The normalized spacial score (nSPS) is 11.4. The Bertz CT molecular complexity index is 179. The van der Waals surface area contributed by atoms with Gasteiger partial charge in [0.15, 0.2) is 0 Å². The lowest BCUT2D eigenvalue weighted by Crippen LogP contribution is -1.94. The van der Waals surface area contributed by atoms with E-state index in [4.69, 9.17) is 9.05 Å². The summed E-state index contributed by atoms with van der Waals surface area (Å²) in [6.07, 6.45) is 15.6. The monoisotopic (exact) mass is 354 g/mol. The largest absolute Gasteiger partial charge is 0.325 e. The van der Waals surface area contributed by atoms with Crippen molar-refractivity contribution >= 4 is 29.7 Å². The standard InChI is InChI=1S/C16H35O2PS2/c1-3-5-7-9-11-13-15-17-19(21-20)18-16-14-12-10-8-6-4-2/h20H,3-16H2,1-2H3. The van der Waals surface area contributed by atoms with E-state index in [-0.39, 0.29) is 0 Å². The predicted molar refractivity (Wildman–Crippen MR) is 102 cm³/mol. The molecule has 0 fully saturated rings. The van der Waals surface area contributed by atoms with Crippen molar-refractivity contribution in [3.8, 4) is 0 Å². The number of thiol groups is 1. The molecule has 0 unspecified atom stereocenters. The van der Waals surface area contributed by atoms with Gasteiger partial charge in [0.05, 0.1) is 13.2 Å². The Morgan fingerprint density at radius 3 is 1.43 bits per heavy atom. The van der Waals surface area contributed by atoms with Crippen LogP contribution in [0.25, 0.3) is 0 Å². The van der Waals surface area contributed by atoms with Gasteiger partial charge in [0.1, 0.15) is 0 Å². The molecule has 0 N–H and O–H groups in total. The second-order valence-electron chi connectivity index (χ2n) is 5.51. The van der Waals surface area contributed by atoms with Gasteiger partial charge in [0, 0.05) is 0 Å². The molecule has 0 atom stereocenters. The molecule has 128 valence electrons. The third-order valence-corrected chi connectivity index (χ3v) is 6.61. The van der Waals surface area contributed by atoms with E-state index >= 15 is 0 Å². The molecule has 0 radical (unpaired) electrons. The molecule has 0 heterocycles. The van der Waals surface area contributed by atoms with Crippen LogP contribution in [0.3, 0.4) is 0 Å². The first-order valence-corrected chi connectivity index (χ1v) is 12.4. The summed E-state index contributed by atoms with van der Waals surface area (Å²) in [5, 5.41) is 0. The summed E-state index contributed by atoms with van der Waals surface area (Å²) >= 11 is 4.25. The maximum Gasteiger partial charge on any atom is 0.249 e. The first kappa shape index (κ1) is 22.1. The molecule has 0 aliphatic rings. The highest BCUT2D eigenvalue weighted by molar-refractivity contribution is 8.92. The average Bonchev–Trinajstić information content (AvgIpc) is 2.51. The van der Waals surface area contributed by atoms with E-state index in [1.807, 2.05) is 0 Å². The van der Waals surface area contributed by atoms with Crippen molar-refractivity contribution < 1.29 is 9.05 Å². The topological polar surface area (TPSA) is 18.5 Å². The Morgan fingerprint density at radius 2 is 1.05 bits per heavy atom. The highest BCUT2D eigenvalue weighted by Gasteiger charge is 2.09. The fourth-order valence-electron chi connectivity index (χ4n) is 2.13. The van der Waals surface area contributed by atoms with Crippen molar-refractivity contribution in [1.82, 2.24) is 0 Å². The van der Waals surface area contributed by atoms with Crippen molar-refractivity contribution in [3.63, 3.8) is 0 Å². The van der Waals surface area contributed by atoms with Crippen LogP contribution in [0.2, 0.25) is 0 Å². The fraction of sp³-hybridized carbons (Fsp3) is 1.00. The van der Waals surface area contributed by atoms with Crippen LogP contribution in [0.1, 0.15) is 90.9 Å². The molecule has 0 aliphatic heterocycles. The van der Waals surface area contributed by atoms with Gasteiger partial charge in [0.2, 0.25) is 7.58 Å². The van der Waals surface area contributed by atoms with Gasteiger partial charge in [-0.05, 0) is 23.3 Å². The minimum absolute atomic E-state index is 0.821. The molecule has 0 aromatic rings. The smallest absolute Gasteiger partial charge is 0.249 e. The Balaban J connectivity index is 3.29. The minimum atomic E-state index is -0.833. The molecule has 2 nitrogen and oxygen atoms in total. The molecule has 0 bridgehead atoms. The molecule has 0 amide bonds. The second kappa shape index (κ2) is 19.1. The van der Waals surface area contributed by atoms with Crippen molar-refractivity contribution in [2.75, 3.05) is 13.2 Å². The molecular formula is C16H35O2PS2. The van der Waals surface area contributed by atoms with Gasteiger partial charge < -0.3 is 9.05 Å². The zero-order chi connectivity index (χ0) is 15.6. The third-order valence-electron chi connectivity index (χ3n) is 3.46. The quantitative estimate of drug-likeness (QED) is 0.126. The number of hydrogen-bond donors (Lipinski definition) is 1. The van der Waals surface area contributed by atoms with Crippen molar-refractivity contribution in [2.45, 2.75) is 90.9 Å². The van der Waals surface area contributed by atoms with Crippen LogP contribution in [-0.2, 0) is 9.05 Å². The maximum atomic E-state index is 5.77. The number of rotatable bonds is 17. The lowest BCUT2D eigenvalue weighted by atomic mass is 10.1. The van der Waals surface area contributed by atoms with Gasteiger partial charge in [-0.25, -0.2) is 0 Å². The van der Waals surface area contributed by atoms with Gasteiger partial charge in [-0.15, -0.1) is 11.7 Å². The SMILES string of the molecule is CCCCCCCCOP(OCCCCCCCC)SS. The summed E-state index contributed by atoms with van der Waals surface area (Å²) in [7, 11) is 0.596. The summed E-state index contributed by atoms with van der Waals surface area (Å²) in [4.78, 5) is 0. The molecule has 0 aliphatic carbocycles. The van der Waals surface area contributed by atoms with E-state index in [1.165, 1.54) is 74.6 Å². The van der Waals surface area contributed by atoms with Crippen LogP contribution in [0, 0.1) is 0 Å². The van der Waals surface area contributed by atoms with Crippen LogP contribution in [0.15, 0.2) is 0 Å². The van der Waals surface area contributed by atoms with Gasteiger partial charge in [-0.2, -0.15) is 0 Å². The Kier molecular flexibility index (Phi) is 20.1. The summed E-state index contributed by atoms with van der Waals surface area (Å²) in [5.74, 6) is 0. The fourth-order valence-corrected chi connectivity index (χ4v) is 4.43. The zero-order valence-electron chi connectivity index (χ0n) is 14.0. The van der Waals surface area contributed by atoms with Gasteiger partial charge in [0.25, 0.3) is 0 Å². The van der Waals surface area contributed by atoms with E-state index in [2.05, 4.69) is 25.5 Å². The van der Waals surface area contributed by atoms with E-state index in [1.54, 1.807) is 0 Å². The lowest BCUT2D eigenvalue weighted by molar-refractivity contribution is 0.252. The van der Waals surface area contributed by atoms with Crippen LogP contribution in [-0.4, -0.2) is 13.2 Å². The van der Waals surface area contributed by atoms with E-state index < -0.39 is 7.58 Å². The molecule has 0 spiro atoms.